The number of carbonyl (C=O) groups is 1. The molecule has 0 bridgehead atoms. The van der Waals surface area contributed by atoms with Crippen LogP contribution in [0.2, 0.25) is 0 Å². The van der Waals surface area contributed by atoms with Gasteiger partial charge in [-0.3, -0.25) is 4.68 Å². The number of carboxylic acid groups (broad SMARTS) is 1. The normalized spacial score (nSPS) is 12.4. The van der Waals surface area contributed by atoms with Gasteiger partial charge in [0.2, 0.25) is 0 Å². The quantitative estimate of drug-likeness (QED) is 0.921. The van der Waals surface area contributed by atoms with Gasteiger partial charge in [0, 0.05) is 19.0 Å². The molecule has 0 aliphatic rings. The average Bonchev–Trinajstić information content (AvgIpc) is 2.71. The van der Waals surface area contributed by atoms with Crippen LogP contribution in [0.15, 0.2) is 30.3 Å². The maximum absolute atomic E-state index is 13.0. The summed E-state index contributed by atoms with van der Waals surface area (Å²) >= 11 is 0. The topological polar surface area (TPSA) is 55.1 Å². The molecule has 1 unspecified atom stereocenters. The fourth-order valence-electron chi connectivity index (χ4n) is 2.02. The highest BCUT2D eigenvalue weighted by atomic mass is 19.1. The van der Waals surface area contributed by atoms with E-state index in [0.717, 1.165) is 11.1 Å². The molecule has 0 saturated heterocycles. The van der Waals surface area contributed by atoms with Gasteiger partial charge in [0.1, 0.15) is 6.17 Å². The van der Waals surface area contributed by atoms with E-state index in [1.807, 2.05) is 24.3 Å². The van der Waals surface area contributed by atoms with Crippen LogP contribution in [-0.4, -0.2) is 27.0 Å². The minimum atomic E-state index is -1.06. The molecule has 100 valence electrons. The summed E-state index contributed by atoms with van der Waals surface area (Å²) in [5.74, 6) is -1.06. The molecule has 0 amide bonds. The van der Waals surface area contributed by atoms with Gasteiger partial charge in [0.25, 0.3) is 0 Å². The Hall–Kier alpha value is -2.17. The molecule has 0 radical (unpaired) electrons. The number of nitrogens with zero attached hydrogens (tertiary/aromatic N) is 2. The first-order valence-electron chi connectivity index (χ1n) is 5.98. The molecule has 1 N–H and O–H groups in total. The number of alkyl halides is 1. The lowest BCUT2D eigenvalue weighted by Crippen LogP contribution is -2.00. The molecular weight excluding hydrogens is 247 g/mol. The first-order chi connectivity index (χ1) is 8.97. The van der Waals surface area contributed by atoms with E-state index in [4.69, 9.17) is 5.11 Å². The molecule has 0 saturated carbocycles. The van der Waals surface area contributed by atoms with Crippen molar-refractivity contribution in [2.75, 3.05) is 0 Å². The standard InChI is InChI=1S/C14H15FN2O2/c1-9(15)6-10-4-3-5-11(7-10)13-8-12(14(18)19)16-17(13)2/h3-5,7-9H,6H2,1-2H3,(H,18,19). The highest BCUT2D eigenvalue weighted by molar-refractivity contribution is 5.87. The van der Waals surface area contributed by atoms with Crippen LogP contribution in [0.25, 0.3) is 11.3 Å². The number of benzene rings is 1. The summed E-state index contributed by atoms with van der Waals surface area (Å²) in [7, 11) is 1.69. The van der Waals surface area contributed by atoms with Crippen molar-refractivity contribution < 1.29 is 14.3 Å². The largest absolute Gasteiger partial charge is 0.476 e. The number of hydrogen-bond donors (Lipinski definition) is 1. The molecule has 1 aromatic carbocycles. The van der Waals surface area contributed by atoms with Crippen molar-refractivity contribution in [3.8, 4) is 11.3 Å². The van der Waals surface area contributed by atoms with Crippen LogP contribution in [0.1, 0.15) is 23.0 Å². The van der Waals surface area contributed by atoms with E-state index in [1.54, 1.807) is 7.05 Å². The molecule has 0 aliphatic heterocycles. The van der Waals surface area contributed by atoms with Crippen LogP contribution in [0.4, 0.5) is 4.39 Å². The van der Waals surface area contributed by atoms with Crippen molar-refractivity contribution in [1.82, 2.24) is 9.78 Å². The smallest absolute Gasteiger partial charge is 0.356 e. The van der Waals surface area contributed by atoms with E-state index in [9.17, 15) is 9.18 Å². The lowest BCUT2D eigenvalue weighted by atomic mass is 10.0. The Kier molecular flexibility index (Phi) is 3.64. The van der Waals surface area contributed by atoms with Gasteiger partial charge in [-0.25, -0.2) is 9.18 Å². The summed E-state index contributed by atoms with van der Waals surface area (Å²) in [4.78, 5) is 10.9. The molecule has 1 aromatic heterocycles. The number of carboxylic acids is 1. The van der Waals surface area contributed by atoms with Crippen molar-refractivity contribution in [2.24, 2.45) is 7.05 Å². The third-order valence-corrected chi connectivity index (χ3v) is 2.84. The van der Waals surface area contributed by atoms with Gasteiger partial charge < -0.3 is 5.11 Å². The maximum atomic E-state index is 13.0. The monoisotopic (exact) mass is 262 g/mol. The molecular formula is C14H15FN2O2. The Bertz CT molecular complexity index is 605. The summed E-state index contributed by atoms with van der Waals surface area (Å²) in [6.07, 6.45) is -0.561. The second-order valence-electron chi connectivity index (χ2n) is 4.53. The number of halogens is 1. The van der Waals surface area contributed by atoms with E-state index < -0.39 is 12.1 Å². The SMILES string of the molecule is CC(F)Cc1cccc(-c2cc(C(=O)O)nn2C)c1. The van der Waals surface area contributed by atoms with Crippen molar-refractivity contribution in [2.45, 2.75) is 19.5 Å². The van der Waals surface area contributed by atoms with Crippen molar-refractivity contribution >= 4 is 5.97 Å². The lowest BCUT2D eigenvalue weighted by molar-refractivity contribution is 0.0689. The Morgan fingerprint density at radius 1 is 1.47 bits per heavy atom. The van der Waals surface area contributed by atoms with Crippen LogP contribution in [0, 0.1) is 0 Å². The van der Waals surface area contributed by atoms with Crippen LogP contribution in [0.3, 0.4) is 0 Å². The van der Waals surface area contributed by atoms with Gasteiger partial charge in [-0.05, 0) is 24.6 Å². The van der Waals surface area contributed by atoms with Crippen LogP contribution in [0.5, 0.6) is 0 Å². The van der Waals surface area contributed by atoms with Crippen molar-refractivity contribution in [1.29, 1.82) is 0 Å². The lowest BCUT2D eigenvalue weighted by Gasteiger charge is -2.06. The molecule has 4 nitrogen and oxygen atoms in total. The third-order valence-electron chi connectivity index (χ3n) is 2.84. The fraction of sp³-hybridized carbons (Fsp3) is 0.286. The fourth-order valence-corrected chi connectivity index (χ4v) is 2.02. The minimum Gasteiger partial charge on any atom is -0.476 e. The van der Waals surface area contributed by atoms with Gasteiger partial charge in [0.15, 0.2) is 5.69 Å². The predicted molar refractivity (Wildman–Crippen MR) is 69.9 cm³/mol. The average molecular weight is 262 g/mol. The Morgan fingerprint density at radius 2 is 2.21 bits per heavy atom. The van der Waals surface area contributed by atoms with Crippen molar-refractivity contribution in [3.63, 3.8) is 0 Å². The van der Waals surface area contributed by atoms with E-state index in [0.29, 0.717) is 12.1 Å². The number of aromatic carboxylic acids is 1. The number of aromatic nitrogens is 2. The molecule has 1 heterocycles. The first-order valence-corrected chi connectivity index (χ1v) is 5.98. The zero-order chi connectivity index (χ0) is 14.0. The number of aryl methyl sites for hydroxylation is 1. The Labute approximate surface area is 110 Å². The summed E-state index contributed by atoms with van der Waals surface area (Å²) in [5, 5.41) is 12.8. The Morgan fingerprint density at radius 3 is 2.79 bits per heavy atom. The predicted octanol–water partition coefficient (Wildman–Crippen LogP) is 2.69. The molecule has 0 aliphatic carbocycles. The molecule has 5 heteroatoms. The van der Waals surface area contributed by atoms with E-state index in [-0.39, 0.29) is 5.69 Å². The van der Waals surface area contributed by atoms with E-state index in [1.165, 1.54) is 17.7 Å². The van der Waals surface area contributed by atoms with Gasteiger partial charge >= 0.3 is 5.97 Å². The van der Waals surface area contributed by atoms with E-state index in [2.05, 4.69) is 5.10 Å². The molecule has 2 rings (SSSR count). The molecule has 1 atom stereocenters. The summed E-state index contributed by atoms with van der Waals surface area (Å²) in [5.41, 5.74) is 2.42. The summed E-state index contributed by atoms with van der Waals surface area (Å²) in [6, 6.07) is 8.92. The van der Waals surface area contributed by atoms with Gasteiger partial charge in [-0.2, -0.15) is 5.10 Å². The van der Waals surface area contributed by atoms with Gasteiger partial charge in [0.05, 0.1) is 5.69 Å². The molecule has 0 fully saturated rings. The van der Waals surface area contributed by atoms with Gasteiger partial charge in [-0.1, -0.05) is 18.2 Å². The molecule has 19 heavy (non-hydrogen) atoms. The summed E-state index contributed by atoms with van der Waals surface area (Å²) < 4.78 is 14.5. The molecule has 2 aromatic rings. The maximum Gasteiger partial charge on any atom is 0.356 e. The van der Waals surface area contributed by atoms with Crippen LogP contribution < -0.4 is 0 Å². The van der Waals surface area contributed by atoms with Gasteiger partial charge in [-0.15, -0.1) is 0 Å². The second kappa shape index (κ2) is 5.22. The Balaban J connectivity index is 2.38. The first kappa shape index (κ1) is 13.3. The minimum absolute atomic E-state index is 0.00163. The van der Waals surface area contributed by atoms with Crippen molar-refractivity contribution in [3.05, 3.63) is 41.6 Å². The highest BCUT2D eigenvalue weighted by Crippen LogP contribution is 2.22. The highest BCUT2D eigenvalue weighted by Gasteiger charge is 2.13. The van der Waals surface area contributed by atoms with E-state index >= 15 is 0 Å². The second-order valence-corrected chi connectivity index (χ2v) is 4.53. The molecule has 0 spiro atoms. The zero-order valence-corrected chi connectivity index (χ0v) is 10.8. The number of hydrogen-bond acceptors (Lipinski definition) is 2. The zero-order valence-electron chi connectivity index (χ0n) is 10.8. The van der Waals surface area contributed by atoms with Crippen LogP contribution in [-0.2, 0) is 13.5 Å². The number of rotatable bonds is 4. The van der Waals surface area contributed by atoms with Crippen LogP contribution >= 0.6 is 0 Å². The summed E-state index contributed by atoms with van der Waals surface area (Å²) in [6.45, 7) is 1.51. The third kappa shape index (κ3) is 2.99.